The Balaban J connectivity index is 0.00000392. The van der Waals surface area contributed by atoms with Gasteiger partial charge in [-0.05, 0) is 25.3 Å². The SMILES string of the molecule is Cc1nn(Cc2ccccc2)c(C)c1CNC(=O)CNC(=O)[C@@H](N)C(C)C.Cl. The minimum Gasteiger partial charge on any atom is -0.350 e. The Morgan fingerprint density at radius 1 is 1.14 bits per heavy atom. The van der Waals surface area contributed by atoms with E-state index >= 15 is 0 Å². The summed E-state index contributed by atoms with van der Waals surface area (Å²) in [5, 5.41) is 9.98. The fourth-order valence-corrected chi connectivity index (χ4v) is 2.74. The summed E-state index contributed by atoms with van der Waals surface area (Å²) in [7, 11) is 0. The van der Waals surface area contributed by atoms with Gasteiger partial charge < -0.3 is 16.4 Å². The lowest BCUT2D eigenvalue weighted by Gasteiger charge is -2.15. The first-order chi connectivity index (χ1) is 12.8. The van der Waals surface area contributed by atoms with Crippen LogP contribution in [0.4, 0.5) is 0 Å². The van der Waals surface area contributed by atoms with E-state index in [0.29, 0.717) is 13.1 Å². The molecule has 0 saturated carbocycles. The molecule has 1 aromatic carbocycles. The number of aryl methyl sites for hydroxylation is 1. The summed E-state index contributed by atoms with van der Waals surface area (Å²) in [6.45, 7) is 8.62. The average Bonchev–Trinajstić information content (AvgIpc) is 2.91. The molecule has 0 bridgehead atoms. The van der Waals surface area contributed by atoms with Gasteiger partial charge in [-0.2, -0.15) is 5.10 Å². The molecule has 7 nitrogen and oxygen atoms in total. The van der Waals surface area contributed by atoms with Crippen LogP contribution in [0.25, 0.3) is 0 Å². The van der Waals surface area contributed by atoms with Gasteiger partial charge >= 0.3 is 0 Å². The molecule has 4 N–H and O–H groups in total. The third kappa shape index (κ3) is 6.35. The third-order valence-electron chi connectivity index (χ3n) is 4.61. The van der Waals surface area contributed by atoms with Gasteiger partial charge in [0.2, 0.25) is 11.8 Å². The monoisotopic (exact) mass is 407 g/mol. The van der Waals surface area contributed by atoms with E-state index in [1.165, 1.54) is 5.56 Å². The highest BCUT2D eigenvalue weighted by molar-refractivity contribution is 5.87. The number of hydrogen-bond acceptors (Lipinski definition) is 4. The second-order valence-corrected chi connectivity index (χ2v) is 7.06. The molecule has 1 aromatic heterocycles. The van der Waals surface area contributed by atoms with Gasteiger partial charge in [-0.3, -0.25) is 14.3 Å². The molecule has 0 aliphatic heterocycles. The van der Waals surface area contributed by atoms with Crippen LogP contribution < -0.4 is 16.4 Å². The molecule has 1 atom stereocenters. The number of nitrogens with one attached hydrogen (secondary N) is 2. The fraction of sp³-hybridized carbons (Fsp3) is 0.450. The van der Waals surface area contributed by atoms with Crippen molar-refractivity contribution in [1.29, 1.82) is 0 Å². The van der Waals surface area contributed by atoms with Crippen molar-refractivity contribution in [1.82, 2.24) is 20.4 Å². The third-order valence-corrected chi connectivity index (χ3v) is 4.61. The van der Waals surface area contributed by atoms with E-state index in [4.69, 9.17) is 5.73 Å². The lowest BCUT2D eigenvalue weighted by Crippen LogP contribution is -2.47. The molecule has 0 aliphatic carbocycles. The Hall–Kier alpha value is -2.38. The normalized spacial score (nSPS) is 11.6. The van der Waals surface area contributed by atoms with Crippen LogP contribution in [-0.2, 0) is 22.7 Å². The number of aromatic nitrogens is 2. The number of rotatable bonds is 8. The summed E-state index contributed by atoms with van der Waals surface area (Å²) in [6, 6.07) is 9.49. The Bertz CT molecular complexity index is 789. The van der Waals surface area contributed by atoms with Gasteiger partial charge in [-0.15, -0.1) is 12.4 Å². The molecular weight excluding hydrogens is 378 g/mol. The van der Waals surface area contributed by atoms with Crippen molar-refractivity contribution in [2.75, 3.05) is 6.54 Å². The maximum absolute atomic E-state index is 12.0. The Labute approximate surface area is 172 Å². The van der Waals surface area contributed by atoms with E-state index in [0.717, 1.165) is 17.0 Å². The molecule has 0 aliphatic rings. The second-order valence-electron chi connectivity index (χ2n) is 7.06. The number of hydrogen-bond donors (Lipinski definition) is 3. The first kappa shape index (κ1) is 23.7. The molecule has 2 amide bonds. The summed E-state index contributed by atoms with van der Waals surface area (Å²) in [5.74, 6) is -0.550. The Morgan fingerprint density at radius 3 is 2.39 bits per heavy atom. The number of carbonyl (C=O) groups excluding carboxylic acids is 2. The highest BCUT2D eigenvalue weighted by atomic mass is 35.5. The number of amides is 2. The highest BCUT2D eigenvalue weighted by Gasteiger charge is 2.18. The number of nitrogens with zero attached hydrogens (tertiary/aromatic N) is 2. The standard InChI is InChI=1S/C20H29N5O2.ClH/c1-13(2)19(21)20(27)23-11-18(26)22-10-17-14(3)24-25(15(17)4)12-16-8-6-5-7-9-16;/h5-9,13,19H,10-12,21H2,1-4H3,(H,22,26)(H,23,27);1H/t19-;/m0./s1. The molecule has 8 heteroatoms. The molecule has 154 valence electrons. The first-order valence-corrected chi connectivity index (χ1v) is 9.16. The van der Waals surface area contributed by atoms with E-state index in [-0.39, 0.29) is 36.7 Å². The van der Waals surface area contributed by atoms with Crippen molar-refractivity contribution in [2.24, 2.45) is 11.7 Å². The van der Waals surface area contributed by atoms with Crippen molar-refractivity contribution >= 4 is 24.2 Å². The summed E-state index contributed by atoms with van der Waals surface area (Å²) in [6.07, 6.45) is 0. The minimum atomic E-state index is -0.612. The molecule has 28 heavy (non-hydrogen) atoms. The lowest BCUT2D eigenvalue weighted by molar-refractivity contribution is -0.127. The number of benzene rings is 1. The largest absolute Gasteiger partial charge is 0.350 e. The van der Waals surface area contributed by atoms with Crippen LogP contribution in [0.3, 0.4) is 0 Å². The number of halogens is 1. The van der Waals surface area contributed by atoms with Gasteiger partial charge in [0.1, 0.15) is 0 Å². The van der Waals surface area contributed by atoms with Gasteiger partial charge in [-0.1, -0.05) is 44.2 Å². The number of carbonyl (C=O) groups is 2. The molecule has 0 fully saturated rings. The van der Waals surface area contributed by atoms with Crippen LogP contribution in [-0.4, -0.2) is 34.2 Å². The Morgan fingerprint density at radius 2 is 1.79 bits per heavy atom. The summed E-state index contributed by atoms with van der Waals surface area (Å²) in [5.41, 5.74) is 9.82. The molecule has 0 spiro atoms. The molecular formula is C20H30ClN5O2. The predicted molar refractivity (Wildman–Crippen MR) is 112 cm³/mol. The minimum absolute atomic E-state index is 0. The summed E-state index contributed by atoms with van der Waals surface area (Å²) < 4.78 is 1.94. The quantitative estimate of drug-likeness (QED) is 0.619. The van der Waals surface area contributed by atoms with Crippen molar-refractivity contribution in [3.8, 4) is 0 Å². The average molecular weight is 408 g/mol. The van der Waals surface area contributed by atoms with E-state index in [9.17, 15) is 9.59 Å². The van der Waals surface area contributed by atoms with Crippen LogP contribution in [0.15, 0.2) is 30.3 Å². The first-order valence-electron chi connectivity index (χ1n) is 9.16. The van der Waals surface area contributed by atoms with Crippen molar-refractivity contribution in [2.45, 2.75) is 46.8 Å². The summed E-state index contributed by atoms with van der Waals surface area (Å²) >= 11 is 0. The maximum atomic E-state index is 12.0. The van der Waals surface area contributed by atoms with E-state index in [1.54, 1.807) is 0 Å². The fourth-order valence-electron chi connectivity index (χ4n) is 2.74. The van der Waals surface area contributed by atoms with Gasteiger partial charge in [-0.25, -0.2) is 0 Å². The highest BCUT2D eigenvalue weighted by Crippen LogP contribution is 2.14. The van der Waals surface area contributed by atoms with Crippen molar-refractivity contribution in [3.05, 3.63) is 52.8 Å². The Kier molecular flexibility index (Phi) is 9.15. The second kappa shape index (κ2) is 10.8. The molecule has 2 aromatic rings. The van der Waals surface area contributed by atoms with Gasteiger partial charge in [0, 0.05) is 17.8 Å². The van der Waals surface area contributed by atoms with Crippen LogP contribution >= 0.6 is 12.4 Å². The topological polar surface area (TPSA) is 102 Å². The van der Waals surface area contributed by atoms with Gasteiger partial charge in [0.15, 0.2) is 0 Å². The van der Waals surface area contributed by atoms with Crippen LogP contribution in [0.1, 0.15) is 36.4 Å². The van der Waals surface area contributed by atoms with Crippen LogP contribution in [0, 0.1) is 19.8 Å². The molecule has 0 unspecified atom stereocenters. The predicted octanol–water partition coefficient (Wildman–Crippen LogP) is 1.69. The van der Waals surface area contributed by atoms with E-state index in [1.807, 2.05) is 50.6 Å². The van der Waals surface area contributed by atoms with E-state index < -0.39 is 6.04 Å². The van der Waals surface area contributed by atoms with Crippen molar-refractivity contribution in [3.63, 3.8) is 0 Å². The molecule has 0 radical (unpaired) electrons. The zero-order chi connectivity index (χ0) is 20.0. The molecule has 2 rings (SSSR count). The van der Waals surface area contributed by atoms with Crippen LogP contribution in [0.2, 0.25) is 0 Å². The van der Waals surface area contributed by atoms with E-state index in [2.05, 4.69) is 27.9 Å². The zero-order valence-corrected chi connectivity index (χ0v) is 17.7. The van der Waals surface area contributed by atoms with Crippen molar-refractivity contribution < 1.29 is 9.59 Å². The summed E-state index contributed by atoms with van der Waals surface area (Å²) in [4.78, 5) is 23.9. The molecule has 1 heterocycles. The smallest absolute Gasteiger partial charge is 0.239 e. The van der Waals surface area contributed by atoms with Crippen LogP contribution in [0.5, 0.6) is 0 Å². The maximum Gasteiger partial charge on any atom is 0.239 e. The lowest BCUT2D eigenvalue weighted by atomic mass is 10.1. The van der Waals surface area contributed by atoms with Gasteiger partial charge in [0.05, 0.1) is 24.8 Å². The zero-order valence-electron chi connectivity index (χ0n) is 16.9. The molecule has 0 saturated heterocycles. The number of nitrogens with two attached hydrogens (primary N) is 1. The van der Waals surface area contributed by atoms with Gasteiger partial charge in [0.25, 0.3) is 0 Å².